The van der Waals surface area contributed by atoms with Gasteiger partial charge in [0, 0.05) is 68.1 Å². The molecule has 3 aromatic rings. The lowest BCUT2D eigenvalue weighted by Crippen LogP contribution is -2.49. The molecule has 1 saturated heterocycles. The number of aryl methyl sites for hydroxylation is 1. The van der Waals surface area contributed by atoms with Crippen LogP contribution in [0.3, 0.4) is 0 Å². The molecule has 2 aromatic carbocycles. The Morgan fingerprint density at radius 3 is 2.49 bits per heavy atom. The van der Waals surface area contributed by atoms with Crippen LogP contribution in [0.15, 0.2) is 55.1 Å². The average molecular weight is 527 g/mol. The highest BCUT2D eigenvalue weighted by Gasteiger charge is 2.28. The SMILES string of the molecule is C=CC(=O)N1CCN(c2cc(C(=O)NCCN(C)C)nc3c2CCN(c2cccc4cccc(C)c24)C3)CC1. The van der Waals surface area contributed by atoms with Crippen molar-refractivity contribution in [3.05, 3.63) is 77.6 Å². The van der Waals surface area contributed by atoms with Gasteiger partial charge in [0.05, 0.1) is 12.2 Å². The molecule has 0 atom stereocenters. The van der Waals surface area contributed by atoms with Crippen molar-refractivity contribution >= 4 is 34.0 Å². The highest BCUT2D eigenvalue weighted by Crippen LogP contribution is 2.35. The Bertz CT molecular complexity index is 1390. The fraction of sp³-hybridized carbons (Fsp3) is 0.387. The molecule has 39 heavy (non-hydrogen) atoms. The van der Waals surface area contributed by atoms with Gasteiger partial charge in [-0.05, 0) is 56.6 Å². The summed E-state index contributed by atoms with van der Waals surface area (Å²) >= 11 is 0. The van der Waals surface area contributed by atoms with Crippen LogP contribution in [0.1, 0.15) is 27.3 Å². The van der Waals surface area contributed by atoms with E-state index in [0.717, 1.165) is 30.9 Å². The molecule has 0 bridgehead atoms. The number of fused-ring (bicyclic) bond motifs is 2. The van der Waals surface area contributed by atoms with E-state index in [0.29, 0.717) is 45.0 Å². The van der Waals surface area contributed by atoms with Gasteiger partial charge in [0.1, 0.15) is 5.69 Å². The van der Waals surface area contributed by atoms with Gasteiger partial charge in [-0.1, -0.05) is 36.9 Å². The molecule has 2 aliphatic heterocycles. The Labute approximate surface area is 230 Å². The molecular formula is C31H38N6O2. The van der Waals surface area contributed by atoms with Gasteiger partial charge in [-0.25, -0.2) is 4.98 Å². The molecule has 3 heterocycles. The molecule has 0 unspecified atom stereocenters. The largest absolute Gasteiger partial charge is 0.368 e. The first-order valence-electron chi connectivity index (χ1n) is 13.7. The van der Waals surface area contributed by atoms with Gasteiger partial charge >= 0.3 is 0 Å². The van der Waals surface area contributed by atoms with Gasteiger partial charge in [-0.3, -0.25) is 9.59 Å². The number of hydrogen-bond donors (Lipinski definition) is 1. The molecule has 2 aliphatic rings. The van der Waals surface area contributed by atoms with Crippen molar-refractivity contribution in [3.8, 4) is 0 Å². The number of carbonyl (C=O) groups excluding carboxylic acids is 2. The van der Waals surface area contributed by atoms with E-state index in [9.17, 15) is 9.59 Å². The molecule has 0 saturated carbocycles. The third-order valence-electron chi connectivity index (χ3n) is 7.77. The molecule has 2 amide bonds. The normalized spacial score (nSPS) is 15.4. The maximum Gasteiger partial charge on any atom is 0.270 e. The van der Waals surface area contributed by atoms with Crippen LogP contribution in [0.2, 0.25) is 0 Å². The van der Waals surface area contributed by atoms with E-state index >= 15 is 0 Å². The molecule has 1 fully saturated rings. The number of benzene rings is 2. The minimum atomic E-state index is -0.153. The second-order valence-corrected chi connectivity index (χ2v) is 10.6. The first-order chi connectivity index (χ1) is 18.9. The number of anilines is 2. The van der Waals surface area contributed by atoms with Crippen molar-refractivity contribution in [2.24, 2.45) is 0 Å². The number of aromatic nitrogens is 1. The van der Waals surface area contributed by atoms with Gasteiger partial charge in [-0.2, -0.15) is 0 Å². The van der Waals surface area contributed by atoms with Crippen molar-refractivity contribution in [3.63, 3.8) is 0 Å². The number of piperazine rings is 1. The third-order valence-corrected chi connectivity index (χ3v) is 7.77. The number of hydrogen-bond acceptors (Lipinski definition) is 6. The van der Waals surface area contributed by atoms with Crippen molar-refractivity contribution in [1.82, 2.24) is 20.1 Å². The van der Waals surface area contributed by atoms with E-state index in [1.165, 1.54) is 33.7 Å². The molecular weight excluding hydrogens is 488 g/mol. The van der Waals surface area contributed by atoms with E-state index in [1.807, 2.05) is 30.0 Å². The lowest BCUT2D eigenvalue weighted by atomic mass is 9.97. The zero-order valence-corrected chi connectivity index (χ0v) is 23.2. The molecule has 0 radical (unpaired) electrons. The second-order valence-electron chi connectivity index (χ2n) is 10.6. The number of nitrogens with zero attached hydrogens (tertiary/aromatic N) is 5. The number of likely N-dealkylation sites (N-methyl/N-ethyl adjacent to an activating group) is 1. The molecule has 1 aromatic heterocycles. The van der Waals surface area contributed by atoms with Gasteiger partial charge in [-0.15, -0.1) is 0 Å². The van der Waals surface area contributed by atoms with Crippen LogP contribution >= 0.6 is 0 Å². The smallest absolute Gasteiger partial charge is 0.270 e. The Kier molecular flexibility index (Phi) is 7.84. The lowest BCUT2D eigenvalue weighted by Gasteiger charge is -2.39. The highest BCUT2D eigenvalue weighted by molar-refractivity contribution is 5.97. The number of pyridine rings is 1. The fourth-order valence-corrected chi connectivity index (χ4v) is 5.67. The first kappa shape index (κ1) is 26.7. The summed E-state index contributed by atoms with van der Waals surface area (Å²) in [4.78, 5) is 38.8. The molecule has 8 nitrogen and oxygen atoms in total. The van der Waals surface area contributed by atoms with Crippen molar-refractivity contribution < 1.29 is 9.59 Å². The molecule has 0 spiro atoms. The van der Waals surface area contributed by atoms with Gasteiger partial charge in [0.15, 0.2) is 0 Å². The fourth-order valence-electron chi connectivity index (χ4n) is 5.67. The average Bonchev–Trinajstić information content (AvgIpc) is 2.95. The predicted octanol–water partition coefficient (Wildman–Crippen LogP) is 3.23. The molecule has 204 valence electrons. The topological polar surface area (TPSA) is 72.0 Å². The minimum absolute atomic E-state index is 0.0339. The maximum absolute atomic E-state index is 13.2. The van der Waals surface area contributed by atoms with Crippen LogP contribution in [-0.4, -0.2) is 86.5 Å². The summed E-state index contributed by atoms with van der Waals surface area (Å²) in [5.74, 6) is -0.187. The summed E-state index contributed by atoms with van der Waals surface area (Å²) < 4.78 is 0. The number of amides is 2. The molecule has 8 heteroatoms. The van der Waals surface area contributed by atoms with Crippen molar-refractivity contribution in [1.29, 1.82) is 0 Å². The maximum atomic E-state index is 13.2. The number of rotatable bonds is 7. The van der Waals surface area contributed by atoms with Crippen LogP contribution in [0.4, 0.5) is 11.4 Å². The second kappa shape index (κ2) is 11.5. The van der Waals surface area contributed by atoms with Gasteiger partial charge in [0.25, 0.3) is 5.91 Å². The van der Waals surface area contributed by atoms with E-state index in [-0.39, 0.29) is 11.8 Å². The zero-order valence-electron chi connectivity index (χ0n) is 23.2. The number of carbonyl (C=O) groups is 2. The zero-order chi connectivity index (χ0) is 27.5. The standard InChI is InChI=1S/C31H38N6O2/c1-5-29(38)36-18-16-35(17-19-36)28-20-25(31(39)32-13-15-34(3)4)33-26-21-37(14-12-24(26)28)27-11-7-10-23-9-6-8-22(2)30(23)27/h5-11,20H,1,12-19,21H2,2-4H3,(H,32,39). The van der Waals surface area contributed by atoms with Gasteiger partial charge in [0.2, 0.25) is 5.91 Å². The minimum Gasteiger partial charge on any atom is -0.368 e. The quantitative estimate of drug-likeness (QED) is 0.477. The number of nitrogens with one attached hydrogen (secondary N) is 1. The summed E-state index contributed by atoms with van der Waals surface area (Å²) in [6.45, 7) is 11.3. The summed E-state index contributed by atoms with van der Waals surface area (Å²) in [7, 11) is 3.98. The van der Waals surface area contributed by atoms with E-state index in [2.05, 4.69) is 65.0 Å². The summed E-state index contributed by atoms with van der Waals surface area (Å²) in [6.07, 6.45) is 2.22. The first-order valence-corrected chi connectivity index (χ1v) is 13.7. The van der Waals surface area contributed by atoms with Gasteiger partial charge < -0.3 is 24.9 Å². The summed E-state index contributed by atoms with van der Waals surface area (Å²) in [5.41, 5.74) is 6.13. The van der Waals surface area contributed by atoms with Crippen molar-refractivity contribution in [2.45, 2.75) is 19.9 Å². The van der Waals surface area contributed by atoms with Crippen LogP contribution < -0.4 is 15.1 Å². The van der Waals surface area contributed by atoms with Crippen LogP contribution in [0, 0.1) is 6.92 Å². The summed E-state index contributed by atoms with van der Waals surface area (Å²) in [5, 5.41) is 5.53. The van der Waals surface area contributed by atoms with E-state index in [1.54, 1.807) is 0 Å². The molecule has 0 aliphatic carbocycles. The Balaban J connectivity index is 1.48. The Morgan fingerprint density at radius 2 is 1.77 bits per heavy atom. The lowest BCUT2D eigenvalue weighted by molar-refractivity contribution is -0.126. The van der Waals surface area contributed by atoms with Crippen LogP contribution in [0.5, 0.6) is 0 Å². The van der Waals surface area contributed by atoms with E-state index < -0.39 is 0 Å². The van der Waals surface area contributed by atoms with Crippen LogP contribution in [0.25, 0.3) is 10.8 Å². The highest BCUT2D eigenvalue weighted by atomic mass is 16.2. The van der Waals surface area contributed by atoms with Crippen LogP contribution in [-0.2, 0) is 17.8 Å². The predicted molar refractivity (Wildman–Crippen MR) is 158 cm³/mol. The monoisotopic (exact) mass is 526 g/mol. The summed E-state index contributed by atoms with van der Waals surface area (Å²) in [6, 6.07) is 14.8. The Morgan fingerprint density at radius 1 is 1.03 bits per heavy atom. The van der Waals surface area contributed by atoms with Crippen molar-refractivity contribution in [2.75, 3.05) is 69.7 Å². The molecule has 1 N–H and O–H groups in total. The Hall–Kier alpha value is -3.91. The molecule has 5 rings (SSSR count). The van der Waals surface area contributed by atoms with E-state index in [4.69, 9.17) is 4.98 Å². The third kappa shape index (κ3) is 5.61.